The molecule has 1 aromatic carbocycles. The van der Waals surface area contributed by atoms with Gasteiger partial charge < -0.3 is 15.2 Å². The third-order valence-corrected chi connectivity index (χ3v) is 4.24. The molecule has 1 saturated heterocycles. The highest BCUT2D eigenvalue weighted by molar-refractivity contribution is 9.10. The number of rotatable bonds is 3. The first-order valence-electron chi connectivity index (χ1n) is 7.10. The van der Waals surface area contributed by atoms with Gasteiger partial charge in [-0.25, -0.2) is 4.98 Å². The van der Waals surface area contributed by atoms with Crippen LogP contribution in [0.25, 0.3) is 10.9 Å². The van der Waals surface area contributed by atoms with Crippen LogP contribution in [0.4, 0.5) is 5.69 Å². The molecule has 23 heavy (non-hydrogen) atoms. The number of pyridine rings is 1. The third-order valence-electron chi connectivity index (χ3n) is 3.75. The average molecular weight is 382 g/mol. The lowest BCUT2D eigenvalue weighted by molar-refractivity contribution is -0.386. The summed E-state index contributed by atoms with van der Waals surface area (Å²) in [5.74, 6) is -0.854. The molecule has 2 heterocycles. The van der Waals surface area contributed by atoms with Crippen molar-refractivity contribution in [2.75, 3.05) is 6.54 Å². The molecule has 1 aliphatic heterocycles. The fourth-order valence-electron chi connectivity index (χ4n) is 2.87. The Labute approximate surface area is 141 Å². The smallest absolute Gasteiger partial charge is 0.294 e. The average Bonchev–Trinajstić information content (AvgIpc) is 2.80. The minimum Gasteiger partial charge on any atom is -0.343 e. The molecule has 2 unspecified atom stereocenters. The number of aromatic nitrogens is 1. The summed E-state index contributed by atoms with van der Waals surface area (Å²) < 4.78 is 12.5. The van der Waals surface area contributed by atoms with Crippen LogP contribution < -0.4 is 5.73 Å². The SMILES string of the molecule is CC1(C)OC(CN)C(c2c([N+](=O)[O-])cnc3cc(Br)ccc23)O1. The van der Waals surface area contributed by atoms with Gasteiger partial charge in [-0.1, -0.05) is 22.0 Å². The number of hydrogen-bond acceptors (Lipinski definition) is 6. The number of ether oxygens (including phenoxy) is 2. The molecule has 2 atom stereocenters. The largest absolute Gasteiger partial charge is 0.343 e. The normalized spacial score (nSPS) is 23.3. The van der Waals surface area contributed by atoms with Crippen molar-refractivity contribution in [1.82, 2.24) is 4.98 Å². The fraction of sp³-hybridized carbons (Fsp3) is 0.400. The molecule has 0 radical (unpaired) electrons. The maximum atomic E-state index is 11.5. The highest BCUT2D eigenvalue weighted by Crippen LogP contribution is 2.43. The number of benzene rings is 1. The molecule has 1 aliphatic rings. The lowest BCUT2D eigenvalue weighted by atomic mass is 9.98. The zero-order valence-electron chi connectivity index (χ0n) is 12.7. The summed E-state index contributed by atoms with van der Waals surface area (Å²) in [6.45, 7) is 3.73. The maximum Gasteiger partial charge on any atom is 0.294 e. The Balaban J connectivity index is 2.25. The van der Waals surface area contributed by atoms with Crippen molar-refractivity contribution < 1.29 is 14.4 Å². The molecule has 0 bridgehead atoms. The van der Waals surface area contributed by atoms with Crippen LogP contribution in [0.5, 0.6) is 0 Å². The Morgan fingerprint density at radius 2 is 2.17 bits per heavy atom. The van der Waals surface area contributed by atoms with Crippen molar-refractivity contribution in [3.8, 4) is 0 Å². The van der Waals surface area contributed by atoms with Gasteiger partial charge in [-0.2, -0.15) is 0 Å². The lowest BCUT2D eigenvalue weighted by Crippen LogP contribution is -2.27. The molecule has 2 aromatic rings. The van der Waals surface area contributed by atoms with E-state index in [1.165, 1.54) is 6.20 Å². The first-order chi connectivity index (χ1) is 10.8. The van der Waals surface area contributed by atoms with Crippen LogP contribution in [-0.4, -0.2) is 28.3 Å². The second-order valence-electron chi connectivity index (χ2n) is 5.81. The third kappa shape index (κ3) is 2.94. The zero-order valence-corrected chi connectivity index (χ0v) is 14.2. The van der Waals surface area contributed by atoms with Crippen LogP contribution in [0.1, 0.15) is 25.5 Å². The van der Waals surface area contributed by atoms with Crippen LogP contribution in [-0.2, 0) is 9.47 Å². The Hall–Kier alpha value is -1.61. The zero-order chi connectivity index (χ0) is 16.8. The Bertz CT molecular complexity index is 781. The van der Waals surface area contributed by atoms with Crippen molar-refractivity contribution in [2.24, 2.45) is 5.73 Å². The van der Waals surface area contributed by atoms with Gasteiger partial charge in [0.15, 0.2) is 5.79 Å². The molecule has 1 fully saturated rings. The molecule has 8 heteroatoms. The fourth-order valence-corrected chi connectivity index (χ4v) is 3.22. The van der Waals surface area contributed by atoms with E-state index in [-0.39, 0.29) is 12.2 Å². The molecule has 0 amide bonds. The van der Waals surface area contributed by atoms with Gasteiger partial charge in [-0.15, -0.1) is 0 Å². The van der Waals surface area contributed by atoms with Gasteiger partial charge in [0.25, 0.3) is 5.69 Å². The van der Waals surface area contributed by atoms with E-state index in [2.05, 4.69) is 20.9 Å². The number of fused-ring (bicyclic) bond motifs is 1. The van der Waals surface area contributed by atoms with Crippen molar-refractivity contribution in [3.05, 3.63) is 44.5 Å². The standard InChI is InChI=1S/C15H16BrN3O4/c1-15(2)22-12(6-17)14(23-15)13-9-4-3-8(16)5-10(9)18-7-11(13)19(20)21/h3-5,7,12,14H,6,17H2,1-2H3. The highest BCUT2D eigenvalue weighted by Gasteiger charge is 2.44. The number of nitro groups is 1. The first-order valence-corrected chi connectivity index (χ1v) is 7.90. The van der Waals surface area contributed by atoms with E-state index in [1.807, 2.05) is 6.07 Å². The van der Waals surface area contributed by atoms with Gasteiger partial charge in [0.05, 0.1) is 16.0 Å². The monoisotopic (exact) mass is 381 g/mol. The van der Waals surface area contributed by atoms with Crippen LogP contribution in [0.3, 0.4) is 0 Å². The number of nitrogens with zero attached hydrogens (tertiary/aromatic N) is 2. The van der Waals surface area contributed by atoms with Gasteiger partial charge in [-0.05, 0) is 26.0 Å². The topological polar surface area (TPSA) is 101 Å². The van der Waals surface area contributed by atoms with Crippen LogP contribution in [0.15, 0.2) is 28.9 Å². The molecule has 7 nitrogen and oxygen atoms in total. The lowest BCUT2D eigenvalue weighted by Gasteiger charge is -2.18. The molecule has 3 rings (SSSR count). The summed E-state index contributed by atoms with van der Waals surface area (Å²) in [5.41, 5.74) is 6.78. The van der Waals surface area contributed by atoms with Gasteiger partial charge in [0.1, 0.15) is 18.4 Å². The summed E-state index contributed by atoms with van der Waals surface area (Å²) in [7, 11) is 0. The molecule has 1 aromatic heterocycles. The van der Waals surface area contributed by atoms with Crippen molar-refractivity contribution in [1.29, 1.82) is 0 Å². The second-order valence-corrected chi connectivity index (χ2v) is 6.72. The molecule has 122 valence electrons. The van der Waals surface area contributed by atoms with Gasteiger partial charge >= 0.3 is 0 Å². The Kier molecular flexibility index (Phi) is 4.09. The van der Waals surface area contributed by atoms with E-state index >= 15 is 0 Å². The number of nitrogens with two attached hydrogens (primary N) is 1. The minimum atomic E-state index is -0.854. The quantitative estimate of drug-likeness (QED) is 0.647. The van der Waals surface area contributed by atoms with E-state index < -0.39 is 22.9 Å². The number of halogens is 1. The molecule has 0 saturated carbocycles. The molecule has 0 aliphatic carbocycles. The van der Waals surface area contributed by atoms with Gasteiger partial charge in [0.2, 0.25) is 0 Å². The van der Waals surface area contributed by atoms with Crippen molar-refractivity contribution >= 4 is 32.5 Å². The minimum absolute atomic E-state index is 0.0930. The van der Waals surface area contributed by atoms with E-state index in [0.717, 1.165) is 4.47 Å². The van der Waals surface area contributed by atoms with Crippen LogP contribution in [0.2, 0.25) is 0 Å². The predicted octanol–water partition coefficient (Wildman–Crippen LogP) is 3.06. The highest BCUT2D eigenvalue weighted by atomic mass is 79.9. The van der Waals surface area contributed by atoms with Gasteiger partial charge in [-0.3, -0.25) is 10.1 Å². The second kappa shape index (κ2) is 5.79. The maximum absolute atomic E-state index is 11.5. The van der Waals surface area contributed by atoms with Crippen molar-refractivity contribution in [3.63, 3.8) is 0 Å². The Morgan fingerprint density at radius 3 is 2.83 bits per heavy atom. The molecular formula is C15H16BrN3O4. The van der Waals surface area contributed by atoms with Crippen LogP contribution >= 0.6 is 15.9 Å². The Morgan fingerprint density at radius 1 is 1.43 bits per heavy atom. The van der Waals surface area contributed by atoms with Gasteiger partial charge in [0, 0.05) is 16.4 Å². The first kappa shape index (κ1) is 16.3. The van der Waals surface area contributed by atoms with Crippen molar-refractivity contribution in [2.45, 2.75) is 31.8 Å². The summed E-state index contributed by atoms with van der Waals surface area (Å²) in [5, 5.41) is 12.1. The summed E-state index contributed by atoms with van der Waals surface area (Å²) in [6, 6.07) is 5.41. The van der Waals surface area contributed by atoms with E-state index in [0.29, 0.717) is 16.5 Å². The number of hydrogen-bond donors (Lipinski definition) is 1. The van der Waals surface area contributed by atoms with E-state index in [9.17, 15) is 10.1 Å². The molecule has 0 spiro atoms. The van der Waals surface area contributed by atoms with E-state index in [4.69, 9.17) is 15.2 Å². The molecular weight excluding hydrogens is 366 g/mol. The summed E-state index contributed by atoms with van der Waals surface area (Å²) in [6.07, 6.45) is 0.173. The summed E-state index contributed by atoms with van der Waals surface area (Å²) >= 11 is 3.38. The summed E-state index contributed by atoms with van der Waals surface area (Å²) in [4.78, 5) is 15.2. The molecule has 2 N–H and O–H groups in total. The van der Waals surface area contributed by atoms with E-state index in [1.54, 1.807) is 26.0 Å². The van der Waals surface area contributed by atoms with Crippen LogP contribution in [0, 0.1) is 10.1 Å². The predicted molar refractivity (Wildman–Crippen MR) is 87.9 cm³/mol.